The summed E-state index contributed by atoms with van der Waals surface area (Å²) < 4.78 is 11.2. The lowest BCUT2D eigenvalue weighted by atomic mass is 10.3. The molecule has 0 bridgehead atoms. The highest BCUT2D eigenvalue weighted by Gasteiger charge is 2.19. The fourth-order valence-electron chi connectivity index (χ4n) is 0.721. The van der Waals surface area contributed by atoms with Crippen LogP contribution in [0.5, 0.6) is 0 Å². The summed E-state index contributed by atoms with van der Waals surface area (Å²) in [6.07, 6.45) is 1.15. The van der Waals surface area contributed by atoms with Gasteiger partial charge in [0.05, 0.1) is 9.52 Å². The maximum Gasteiger partial charge on any atom is 0.293 e. The first-order valence-electron chi connectivity index (χ1n) is 4.40. The van der Waals surface area contributed by atoms with Crippen LogP contribution in [0, 0.1) is 0 Å². The van der Waals surface area contributed by atoms with E-state index >= 15 is 0 Å². The van der Waals surface area contributed by atoms with Crippen molar-refractivity contribution in [2.24, 2.45) is 0 Å². The molecule has 0 aliphatic rings. The quantitative estimate of drug-likeness (QED) is 0.433. The van der Waals surface area contributed by atoms with E-state index in [0.717, 1.165) is 6.42 Å². The van der Waals surface area contributed by atoms with E-state index in [0.29, 0.717) is 0 Å². The lowest BCUT2D eigenvalue weighted by molar-refractivity contribution is 0.156. The van der Waals surface area contributed by atoms with Gasteiger partial charge in [0.2, 0.25) is 0 Å². The van der Waals surface area contributed by atoms with Gasteiger partial charge in [-0.2, -0.15) is 0 Å². The molecule has 0 aliphatic heterocycles. The van der Waals surface area contributed by atoms with Gasteiger partial charge in [0.25, 0.3) is 10.0 Å². The molecular formula is C6H20O2Si3. The van der Waals surface area contributed by atoms with Crippen LogP contribution < -0.4 is 0 Å². The first-order valence-corrected chi connectivity index (χ1v) is 9.67. The molecule has 0 fully saturated rings. The van der Waals surface area contributed by atoms with Gasteiger partial charge in [-0.1, -0.05) is 20.0 Å². The molecule has 2 nitrogen and oxygen atoms in total. The Bertz CT molecular complexity index is 95.8. The van der Waals surface area contributed by atoms with Gasteiger partial charge in [-0.25, -0.2) is 0 Å². The fraction of sp³-hybridized carbons (Fsp3) is 1.00. The highest BCUT2D eigenvalue weighted by atomic mass is 28.3. The summed E-state index contributed by atoms with van der Waals surface area (Å²) >= 11 is 0. The molecule has 5 heteroatoms. The SMILES string of the molecule is CCC(C)(O[SiH2]O[SiH2]C)[SiH2]C. The van der Waals surface area contributed by atoms with Crippen molar-refractivity contribution in [3.63, 3.8) is 0 Å². The van der Waals surface area contributed by atoms with Gasteiger partial charge in [0, 0.05) is 5.22 Å². The maximum absolute atomic E-state index is 5.78. The van der Waals surface area contributed by atoms with Crippen LogP contribution in [0.2, 0.25) is 13.1 Å². The number of hydrogen-bond acceptors (Lipinski definition) is 2. The Labute approximate surface area is 76.9 Å². The molecule has 0 rings (SSSR count). The standard InChI is InChI=1S/C6H20O2Si3/c1-5-6(2,9-3)7-11-8-10-4/h5,9-11H2,1-4H3. The second-order valence-electron chi connectivity index (χ2n) is 2.91. The maximum atomic E-state index is 5.78. The molecule has 0 aliphatic carbocycles. The Hall–Kier alpha value is 0.571. The van der Waals surface area contributed by atoms with E-state index in [1.54, 1.807) is 0 Å². The molecule has 11 heavy (non-hydrogen) atoms. The van der Waals surface area contributed by atoms with E-state index in [-0.39, 0.29) is 24.5 Å². The Morgan fingerprint density at radius 3 is 2.36 bits per heavy atom. The van der Waals surface area contributed by atoms with Crippen molar-refractivity contribution in [3.8, 4) is 0 Å². The molecule has 0 spiro atoms. The normalized spacial score (nSPS) is 19.6. The third-order valence-corrected chi connectivity index (χ3v) is 7.91. The average Bonchev–Trinajstić information content (AvgIpc) is 2.05. The minimum absolute atomic E-state index is 0.0485. The lowest BCUT2D eigenvalue weighted by Crippen LogP contribution is -2.35. The summed E-state index contributed by atoms with van der Waals surface area (Å²) in [5.41, 5.74) is 0. The predicted molar refractivity (Wildman–Crippen MR) is 58.2 cm³/mol. The van der Waals surface area contributed by atoms with E-state index in [9.17, 15) is 0 Å². The fourth-order valence-corrected chi connectivity index (χ4v) is 3.78. The molecule has 0 aromatic rings. The molecular weight excluding hydrogens is 188 g/mol. The van der Waals surface area contributed by atoms with Crippen molar-refractivity contribution in [1.29, 1.82) is 0 Å². The predicted octanol–water partition coefficient (Wildman–Crippen LogP) is -0.507. The molecule has 0 aromatic carbocycles. The average molecular weight is 208 g/mol. The highest BCUT2D eigenvalue weighted by Crippen LogP contribution is 2.11. The molecule has 0 radical (unpaired) electrons. The summed E-state index contributed by atoms with van der Waals surface area (Å²) in [5, 5.41) is 0.232. The van der Waals surface area contributed by atoms with Crippen molar-refractivity contribution in [1.82, 2.24) is 0 Å². The Kier molecular flexibility index (Phi) is 6.45. The molecule has 0 saturated heterocycles. The monoisotopic (exact) mass is 208 g/mol. The molecule has 1 unspecified atom stereocenters. The van der Waals surface area contributed by atoms with Crippen LogP contribution in [0.4, 0.5) is 0 Å². The summed E-state index contributed by atoms with van der Waals surface area (Å²) in [6.45, 7) is 8.89. The van der Waals surface area contributed by atoms with Crippen molar-refractivity contribution in [2.75, 3.05) is 0 Å². The second kappa shape index (κ2) is 6.13. The molecule has 0 N–H and O–H groups in total. The minimum atomic E-state index is -0.618. The van der Waals surface area contributed by atoms with Gasteiger partial charge in [-0.3, -0.25) is 0 Å². The van der Waals surface area contributed by atoms with Crippen LogP contribution >= 0.6 is 0 Å². The Morgan fingerprint density at radius 2 is 2.00 bits per heavy atom. The third-order valence-electron chi connectivity index (χ3n) is 2.19. The van der Waals surface area contributed by atoms with Gasteiger partial charge >= 0.3 is 0 Å². The van der Waals surface area contributed by atoms with Crippen molar-refractivity contribution >= 4 is 29.3 Å². The van der Waals surface area contributed by atoms with Crippen LogP contribution in [0.1, 0.15) is 20.3 Å². The van der Waals surface area contributed by atoms with Crippen LogP contribution in [0.15, 0.2) is 0 Å². The van der Waals surface area contributed by atoms with Crippen LogP contribution in [0.25, 0.3) is 0 Å². The zero-order chi connectivity index (χ0) is 8.74. The van der Waals surface area contributed by atoms with E-state index in [4.69, 9.17) is 8.54 Å². The highest BCUT2D eigenvalue weighted by molar-refractivity contribution is 6.41. The number of rotatable bonds is 6. The zero-order valence-corrected chi connectivity index (χ0v) is 12.4. The third kappa shape index (κ3) is 4.91. The minimum Gasteiger partial charge on any atom is -0.446 e. The molecule has 0 saturated carbocycles. The smallest absolute Gasteiger partial charge is 0.293 e. The molecule has 0 amide bonds. The summed E-state index contributed by atoms with van der Waals surface area (Å²) in [4.78, 5) is 0. The second-order valence-corrected chi connectivity index (χ2v) is 7.85. The van der Waals surface area contributed by atoms with E-state index in [1.165, 1.54) is 0 Å². The van der Waals surface area contributed by atoms with E-state index in [1.807, 2.05) is 0 Å². The van der Waals surface area contributed by atoms with E-state index in [2.05, 4.69) is 26.9 Å². The largest absolute Gasteiger partial charge is 0.446 e. The van der Waals surface area contributed by atoms with Gasteiger partial charge < -0.3 is 8.54 Å². The first-order chi connectivity index (χ1) is 5.18. The van der Waals surface area contributed by atoms with Crippen molar-refractivity contribution < 1.29 is 8.54 Å². The Morgan fingerprint density at radius 1 is 1.36 bits per heavy atom. The molecule has 1 atom stereocenters. The van der Waals surface area contributed by atoms with Crippen LogP contribution in [0.3, 0.4) is 0 Å². The Balaban J connectivity index is 3.51. The van der Waals surface area contributed by atoms with Gasteiger partial charge in [-0.05, 0) is 13.3 Å². The van der Waals surface area contributed by atoms with Gasteiger partial charge in [0.1, 0.15) is 9.76 Å². The van der Waals surface area contributed by atoms with Crippen LogP contribution in [-0.4, -0.2) is 34.5 Å². The van der Waals surface area contributed by atoms with Gasteiger partial charge in [-0.15, -0.1) is 0 Å². The lowest BCUT2D eigenvalue weighted by Gasteiger charge is -2.27. The number of hydrogen-bond donors (Lipinski definition) is 0. The van der Waals surface area contributed by atoms with Crippen molar-refractivity contribution in [3.05, 3.63) is 0 Å². The molecule has 0 heterocycles. The topological polar surface area (TPSA) is 18.5 Å². The van der Waals surface area contributed by atoms with E-state index < -0.39 is 10.0 Å². The summed E-state index contributed by atoms with van der Waals surface area (Å²) in [7, 11) is -0.885. The van der Waals surface area contributed by atoms with Crippen LogP contribution in [-0.2, 0) is 8.54 Å². The summed E-state index contributed by atoms with van der Waals surface area (Å²) in [5.74, 6) is 0. The summed E-state index contributed by atoms with van der Waals surface area (Å²) in [6, 6.07) is 0. The van der Waals surface area contributed by atoms with Gasteiger partial charge in [0.15, 0.2) is 0 Å². The zero-order valence-electron chi connectivity index (χ0n) is 8.14. The van der Waals surface area contributed by atoms with Crippen molar-refractivity contribution in [2.45, 2.75) is 38.6 Å². The molecule has 68 valence electrons. The first kappa shape index (κ1) is 11.6. The molecule has 0 aromatic heterocycles.